The van der Waals surface area contributed by atoms with Crippen LogP contribution in [-0.4, -0.2) is 40.5 Å². The van der Waals surface area contributed by atoms with Crippen LogP contribution in [0.1, 0.15) is 38.7 Å². The Balaban J connectivity index is 2.26. The first-order chi connectivity index (χ1) is 9.56. The van der Waals surface area contributed by atoms with E-state index in [1.807, 2.05) is 0 Å². The second kappa shape index (κ2) is 8.59. The zero-order valence-electron chi connectivity index (χ0n) is 12.4. The van der Waals surface area contributed by atoms with E-state index in [9.17, 15) is 15.0 Å². The number of rotatable bonds is 9. The molecule has 0 aliphatic carbocycles. The minimum Gasteiger partial charge on any atom is -0.504 e. The molecule has 0 amide bonds. The zero-order chi connectivity index (χ0) is 15.0. The number of phenols is 2. The predicted molar refractivity (Wildman–Crippen MR) is 80.1 cm³/mol. The first-order valence-corrected chi connectivity index (χ1v) is 7.31. The molecule has 112 valence electrons. The molecule has 0 spiro atoms. The number of ketones is 1. The number of aryl methyl sites for hydroxylation is 1. The van der Waals surface area contributed by atoms with Crippen molar-refractivity contribution in [2.24, 2.45) is 0 Å². The number of carbonyl (C=O) groups is 1. The van der Waals surface area contributed by atoms with Gasteiger partial charge in [0, 0.05) is 19.4 Å². The third-order valence-corrected chi connectivity index (χ3v) is 3.56. The highest BCUT2D eigenvalue weighted by molar-refractivity contribution is 5.78. The van der Waals surface area contributed by atoms with Gasteiger partial charge in [-0.2, -0.15) is 0 Å². The van der Waals surface area contributed by atoms with Gasteiger partial charge in [-0.1, -0.05) is 19.9 Å². The highest BCUT2D eigenvalue weighted by Crippen LogP contribution is 2.25. The molecule has 1 aromatic carbocycles. The summed E-state index contributed by atoms with van der Waals surface area (Å²) in [6.45, 7) is 7.01. The summed E-state index contributed by atoms with van der Waals surface area (Å²) in [5, 5.41) is 18.6. The van der Waals surface area contributed by atoms with E-state index in [1.54, 1.807) is 12.1 Å². The van der Waals surface area contributed by atoms with Crippen molar-refractivity contribution in [3.05, 3.63) is 23.8 Å². The summed E-state index contributed by atoms with van der Waals surface area (Å²) in [6.07, 6.45) is 2.71. The number of hydrogen-bond acceptors (Lipinski definition) is 4. The minimum atomic E-state index is -0.107. The molecule has 2 N–H and O–H groups in total. The Kier molecular flexibility index (Phi) is 7.09. The normalized spacial score (nSPS) is 10.9. The van der Waals surface area contributed by atoms with E-state index in [1.165, 1.54) is 6.07 Å². The van der Waals surface area contributed by atoms with Crippen molar-refractivity contribution in [3.8, 4) is 11.5 Å². The van der Waals surface area contributed by atoms with Gasteiger partial charge in [-0.05, 0) is 43.6 Å². The molecule has 0 aliphatic rings. The summed E-state index contributed by atoms with van der Waals surface area (Å²) < 4.78 is 0. The van der Waals surface area contributed by atoms with Gasteiger partial charge in [-0.15, -0.1) is 0 Å². The van der Waals surface area contributed by atoms with Crippen molar-refractivity contribution >= 4 is 5.78 Å². The quantitative estimate of drug-likeness (QED) is 0.682. The summed E-state index contributed by atoms with van der Waals surface area (Å²) in [7, 11) is 0. The van der Waals surface area contributed by atoms with Gasteiger partial charge in [0.2, 0.25) is 0 Å². The lowest BCUT2D eigenvalue weighted by Gasteiger charge is -2.16. The van der Waals surface area contributed by atoms with Crippen LogP contribution in [0.2, 0.25) is 0 Å². The van der Waals surface area contributed by atoms with Crippen LogP contribution in [0, 0.1) is 0 Å². The number of phenolic OH excluding ortho intramolecular Hbond substituents is 2. The SMILES string of the molecule is CCN(CC)CCC(=O)CCCc1ccc(O)c(O)c1. The van der Waals surface area contributed by atoms with Gasteiger partial charge < -0.3 is 15.1 Å². The zero-order valence-corrected chi connectivity index (χ0v) is 12.4. The molecule has 20 heavy (non-hydrogen) atoms. The second-order valence-corrected chi connectivity index (χ2v) is 4.99. The van der Waals surface area contributed by atoms with Crippen LogP contribution in [0.25, 0.3) is 0 Å². The second-order valence-electron chi connectivity index (χ2n) is 4.99. The Hall–Kier alpha value is -1.55. The summed E-state index contributed by atoms with van der Waals surface area (Å²) in [6, 6.07) is 4.80. The smallest absolute Gasteiger partial charge is 0.157 e. The number of Topliss-reactive ketones (excluding diaryl/α,β-unsaturated/α-hetero) is 1. The van der Waals surface area contributed by atoms with Gasteiger partial charge in [0.15, 0.2) is 11.5 Å². The van der Waals surface area contributed by atoms with Crippen LogP contribution in [0.4, 0.5) is 0 Å². The third-order valence-electron chi connectivity index (χ3n) is 3.56. The van der Waals surface area contributed by atoms with Crippen molar-refractivity contribution in [2.45, 2.75) is 39.5 Å². The lowest BCUT2D eigenvalue weighted by Crippen LogP contribution is -2.25. The van der Waals surface area contributed by atoms with E-state index in [4.69, 9.17) is 0 Å². The molecule has 4 heteroatoms. The monoisotopic (exact) mass is 279 g/mol. The van der Waals surface area contributed by atoms with E-state index < -0.39 is 0 Å². The molecule has 0 saturated heterocycles. The highest BCUT2D eigenvalue weighted by atomic mass is 16.3. The minimum absolute atomic E-state index is 0.102. The topological polar surface area (TPSA) is 60.8 Å². The van der Waals surface area contributed by atoms with E-state index in [0.717, 1.165) is 38.0 Å². The Morgan fingerprint density at radius 2 is 1.80 bits per heavy atom. The van der Waals surface area contributed by atoms with Gasteiger partial charge in [0.05, 0.1) is 0 Å². The first-order valence-electron chi connectivity index (χ1n) is 7.31. The fraction of sp³-hybridized carbons (Fsp3) is 0.562. The largest absolute Gasteiger partial charge is 0.504 e. The fourth-order valence-corrected chi connectivity index (χ4v) is 2.16. The predicted octanol–water partition coefficient (Wildman–Crippen LogP) is 2.72. The number of nitrogens with zero attached hydrogens (tertiary/aromatic N) is 1. The average Bonchev–Trinajstić information content (AvgIpc) is 2.44. The van der Waals surface area contributed by atoms with Gasteiger partial charge >= 0.3 is 0 Å². The molecule has 0 bridgehead atoms. The van der Waals surface area contributed by atoms with Crippen molar-refractivity contribution < 1.29 is 15.0 Å². The van der Waals surface area contributed by atoms with Crippen LogP contribution in [0.3, 0.4) is 0 Å². The first kappa shape index (κ1) is 16.5. The summed E-state index contributed by atoms with van der Waals surface area (Å²) >= 11 is 0. The molecule has 0 unspecified atom stereocenters. The van der Waals surface area contributed by atoms with Gasteiger partial charge in [-0.3, -0.25) is 4.79 Å². The lowest BCUT2D eigenvalue weighted by molar-refractivity contribution is -0.119. The van der Waals surface area contributed by atoms with E-state index in [0.29, 0.717) is 18.6 Å². The van der Waals surface area contributed by atoms with Crippen molar-refractivity contribution in [1.29, 1.82) is 0 Å². The standard InChI is InChI=1S/C16H25NO3/c1-3-17(4-2)11-10-14(18)7-5-6-13-8-9-15(19)16(20)12-13/h8-9,12,19-20H,3-7,10-11H2,1-2H3. The molecule has 4 nitrogen and oxygen atoms in total. The van der Waals surface area contributed by atoms with Crippen LogP contribution in [0.15, 0.2) is 18.2 Å². The molecule has 0 heterocycles. The summed E-state index contributed by atoms with van der Waals surface area (Å²) in [4.78, 5) is 14.0. The van der Waals surface area contributed by atoms with Crippen molar-refractivity contribution in [1.82, 2.24) is 4.90 Å². The van der Waals surface area contributed by atoms with Gasteiger partial charge in [0.25, 0.3) is 0 Å². The van der Waals surface area contributed by atoms with E-state index in [2.05, 4.69) is 18.7 Å². The van der Waals surface area contributed by atoms with Crippen LogP contribution < -0.4 is 0 Å². The van der Waals surface area contributed by atoms with Gasteiger partial charge in [0.1, 0.15) is 5.78 Å². The molecule has 0 saturated carbocycles. The van der Waals surface area contributed by atoms with E-state index in [-0.39, 0.29) is 11.5 Å². The van der Waals surface area contributed by atoms with E-state index >= 15 is 0 Å². The van der Waals surface area contributed by atoms with Crippen LogP contribution in [-0.2, 0) is 11.2 Å². The van der Waals surface area contributed by atoms with Crippen molar-refractivity contribution in [2.75, 3.05) is 19.6 Å². The van der Waals surface area contributed by atoms with Crippen molar-refractivity contribution in [3.63, 3.8) is 0 Å². The Labute approximate surface area is 121 Å². The molecular formula is C16H25NO3. The highest BCUT2D eigenvalue weighted by Gasteiger charge is 2.06. The average molecular weight is 279 g/mol. The molecule has 0 aromatic heterocycles. The molecule has 0 atom stereocenters. The molecule has 0 aliphatic heterocycles. The molecule has 0 radical (unpaired) electrons. The maximum absolute atomic E-state index is 11.8. The van der Waals surface area contributed by atoms with Gasteiger partial charge in [-0.25, -0.2) is 0 Å². The number of aromatic hydroxyl groups is 2. The third kappa shape index (κ3) is 5.61. The summed E-state index contributed by atoms with van der Waals surface area (Å²) in [5.74, 6) is 0.0827. The maximum Gasteiger partial charge on any atom is 0.157 e. The van der Waals surface area contributed by atoms with Crippen LogP contribution in [0.5, 0.6) is 11.5 Å². The fourth-order valence-electron chi connectivity index (χ4n) is 2.16. The number of hydrogen-bond donors (Lipinski definition) is 2. The number of carbonyl (C=O) groups excluding carboxylic acids is 1. The Morgan fingerprint density at radius 1 is 1.10 bits per heavy atom. The van der Waals surface area contributed by atoms with Crippen LogP contribution >= 0.6 is 0 Å². The number of benzene rings is 1. The molecular weight excluding hydrogens is 254 g/mol. The summed E-state index contributed by atoms with van der Waals surface area (Å²) in [5.41, 5.74) is 0.942. The Morgan fingerprint density at radius 3 is 2.40 bits per heavy atom. The molecule has 0 fully saturated rings. The lowest BCUT2D eigenvalue weighted by atomic mass is 10.0. The maximum atomic E-state index is 11.8. The Bertz CT molecular complexity index is 428. The molecule has 1 aromatic rings. The molecule has 1 rings (SSSR count).